The Bertz CT molecular complexity index is 831. The summed E-state index contributed by atoms with van der Waals surface area (Å²) in [5, 5.41) is 4.55. The standard InChI is InChI=1S/C17H12N2O/c1-11-15-13-9-5-6-10-14(13)17(20)16(15)19(18-11)12-7-3-2-4-8-12/h2-10H,1H3. The first kappa shape index (κ1) is 11.2. The van der Waals surface area contributed by atoms with E-state index >= 15 is 0 Å². The summed E-state index contributed by atoms with van der Waals surface area (Å²) < 4.78 is 1.76. The Morgan fingerprint density at radius 2 is 1.55 bits per heavy atom. The molecule has 0 unspecified atom stereocenters. The Balaban J connectivity index is 2.04. The highest BCUT2D eigenvalue weighted by molar-refractivity contribution is 6.21. The van der Waals surface area contributed by atoms with Gasteiger partial charge in [0.25, 0.3) is 0 Å². The van der Waals surface area contributed by atoms with E-state index in [9.17, 15) is 4.79 Å². The van der Waals surface area contributed by atoms with E-state index in [2.05, 4.69) is 5.10 Å². The van der Waals surface area contributed by atoms with E-state index in [1.54, 1.807) is 4.68 Å². The van der Waals surface area contributed by atoms with Crippen LogP contribution in [0.5, 0.6) is 0 Å². The van der Waals surface area contributed by atoms with Crippen molar-refractivity contribution >= 4 is 5.78 Å². The van der Waals surface area contributed by atoms with Gasteiger partial charge in [0.05, 0.1) is 11.4 Å². The number of aryl methyl sites for hydroxylation is 1. The van der Waals surface area contributed by atoms with Crippen molar-refractivity contribution in [3.63, 3.8) is 0 Å². The summed E-state index contributed by atoms with van der Waals surface area (Å²) in [6, 6.07) is 17.5. The molecule has 0 atom stereocenters. The minimum Gasteiger partial charge on any atom is -0.287 e. The monoisotopic (exact) mass is 260 g/mol. The first-order chi connectivity index (χ1) is 9.77. The maximum atomic E-state index is 12.6. The molecule has 20 heavy (non-hydrogen) atoms. The van der Waals surface area contributed by atoms with Gasteiger partial charge in [0.2, 0.25) is 5.78 Å². The summed E-state index contributed by atoms with van der Waals surface area (Å²) in [6.07, 6.45) is 0. The first-order valence-electron chi connectivity index (χ1n) is 6.56. The molecule has 0 spiro atoms. The highest BCUT2D eigenvalue weighted by atomic mass is 16.1. The topological polar surface area (TPSA) is 34.9 Å². The second kappa shape index (κ2) is 3.90. The molecule has 1 aromatic heterocycles. The van der Waals surface area contributed by atoms with Crippen LogP contribution in [0.2, 0.25) is 0 Å². The maximum Gasteiger partial charge on any atom is 0.212 e. The van der Waals surface area contributed by atoms with Crippen LogP contribution in [0.3, 0.4) is 0 Å². The van der Waals surface area contributed by atoms with Gasteiger partial charge in [-0.3, -0.25) is 4.79 Å². The van der Waals surface area contributed by atoms with Crippen molar-refractivity contribution in [1.82, 2.24) is 9.78 Å². The molecular weight excluding hydrogens is 248 g/mol. The number of fused-ring (bicyclic) bond motifs is 3. The molecule has 1 heterocycles. The summed E-state index contributed by atoms with van der Waals surface area (Å²) in [7, 11) is 0. The molecule has 3 heteroatoms. The zero-order valence-corrected chi connectivity index (χ0v) is 11.0. The highest BCUT2D eigenvalue weighted by Gasteiger charge is 2.33. The highest BCUT2D eigenvalue weighted by Crippen LogP contribution is 2.39. The van der Waals surface area contributed by atoms with Gasteiger partial charge in [0.15, 0.2) is 0 Å². The Morgan fingerprint density at radius 3 is 2.30 bits per heavy atom. The van der Waals surface area contributed by atoms with Crippen LogP contribution in [-0.4, -0.2) is 15.6 Å². The Hall–Kier alpha value is -2.68. The van der Waals surface area contributed by atoms with Crippen molar-refractivity contribution in [2.24, 2.45) is 0 Å². The Labute approximate surface area is 116 Å². The lowest BCUT2D eigenvalue weighted by atomic mass is 10.1. The number of aromatic nitrogens is 2. The lowest BCUT2D eigenvalue weighted by molar-refractivity contribution is 0.103. The van der Waals surface area contributed by atoms with Gasteiger partial charge >= 0.3 is 0 Å². The number of hydrogen-bond acceptors (Lipinski definition) is 2. The second-order valence-corrected chi connectivity index (χ2v) is 4.93. The van der Waals surface area contributed by atoms with Crippen LogP contribution in [0.15, 0.2) is 54.6 Å². The molecule has 0 bridgehead atoms. The van der Waals surface area contributed by atoms with E-state index in [4.69, 9.17) is 0 Å². The van der Waals surface area contributed by atoms with Crippen molar-refractivity contribution in [1.29, 1.82) is 0 Å². The van der Waals surface area contributed by atoms with Crippen LogP contribution >= 0.6 is 0 Å². The maximum absolute atomic E-state index is 12.6. The molecule has 3 nitrogen and oxygen atoms in total. The van der Waals surface area contributed by atoms with Crippen molar-refractivity contribution in [3.8, 4) is 16.8 Å². The van der Waals surface area contributed by atoms with Crippen molar-refractivity contribution in [2.45, 2.75) is 6.92 Å². The van der Waals surface area contributed by atoms with Crippen molar-refractivity contribution in [2.75, 3.05) is 0 Å². The summed E-state index contributed by atoms with van der Waals surface area (Å²) in [5.41, 5.74) is 5.21. The molecular formula is C17H12N2O. The first-order valence-corrected chi connectivity index (χ1v) is 6.56. The van der Waals surface area contributed by atoms with Gasteiger partial charge in [0, 0.05) is 11.1 Å². The second-order valence-electron chi connectivity index (χ2n) is 4.93. The third-order valence-electron chi connectivity index (χ3n) is 3.72. The fourth-order valence-electron chi connectivity index (χ4n) is 2.84. The Kier molecular flexibility index (Phi) is 2.18. The fourth-order valence-corrected chi connectivity index (χ4v) is 2.84. The fraction of sp³-hybridized carbons (Fsp3) is 0.0588. The van der Waals surface area contributed by atoms with Crippen molar-refractivity contribution in [3.05, 3.63) is 71.5 Å². The van der Waals surface area contributed by atoms with E-state index in [0.29, 0.717) is 5.69 Å². The number of carbonyl (C=O) groups excluding carboxylic acids is 1. The van der Waals surface area contributed by atoms with Gasteiger partial charge < -0.3 is 0 Å². The van der Waals surface area contributed by atoms with Crippen LogP contribution in [0.25, 0.3) is 16.8 Å². The smallest absolute Gasteiger partial charge is 0.212 e. The van der Waals surface area contributed by atoms with Gasteiger partial charge in [0.1, 0.15) is 5.69 Å². The molecule has 3 aromatic rings. The number of rotatable bonds is 1. The average molecular weight is 260 g/mol. The largest absolute Gasteiger partial charge is 0.287 e. The van der Waals surface area contributed by atoms with Crippen LogP contribution in [-0.2, 0) is 0 Å². The third kappa shape index (κ3) is 1.35. The SMILES string of the molecule is Cc1nn(-c2ccccc2)c2c1-c1ccccc1C2=O. The van der Waals surface area contributed by atoms with Gasteiger partial charge in [-0.2, -0.15) is 5.10 Å². The molecule has 0 radical (unpaired) electrons. The minimum absolute atomic E-state index is 0.0556. The normalized spacial score (nSPS) is 12.3. The average Bonchev–Trinajstić information content (AvgIpc) is 2.98. The lowest BCUT2D eigenvalue weighted by Crippen LogP contribution is -2.07. The molecule has 0 amide bonds. The molecule has 0 saturated carbocycles. The molecule has 0 N–H and O–H groups in total. The van der Waals surface area contributed by atoms with E-state index < -0.39 is 0 Å². The van der Waals surface area contributed by atoms with Gasteiger partial charge in [-0.1, -0.05) is 42.5 Å². The number of nitrogens with zero attached hydrogens (tertiary/aromatic N) is 2. The summed E-state index contributed by atoms with van der Waals surface area (Å²) in [4.78, 5) is 12.6. The molecule has 4 rings (SSSR count). The number of para-hydroxylation sites is 1. The predicted molar refractivity (Wildman–Crippen MR) is 77.2 cm³/mol. The van der Waals surface area contributed by atoms with E-state index in [1.165, 1.54) is 0 Å². The van der Waals surface area contributed by atoms with E-state index in [0.717, 1.165) is 28.1 Å². The number of ketones is 1. The summed E-state index contributed by atoms with van der Waals surface area (Å²) in [5.74, 6) is 0.0556. The van der Waals surface area contributed by atoms with Crippen molar-refractivity contribution < 1.29 is 4.79 Å². The lowest BCUT2D eigenvalue weighted by Gasteiger charge is -2.04. The van der Waals surface area contributed by atoms with Gasteiger partial charge in [-0.25, -0.2) is 4.68 Å². The zero-order valence-electron chi connectivity index (χ0n) is 11.0. The number of benzene rings is 2. The molecule has 1 aliphatic carbocycles. The molecule has 0 aliphatic heterocycles. The zero-order chi connectivity index (χ0) is 13.7. The summed E-state index contributed by atoms with van der Waals surface area (Å²) >= 11 is 0. The molecule has 1 aliphatic rings. The van der Waals surface area contributed by atoms with Crippen LogP contribution in [0.1, 0.15) is 21.7 Å². The van der Waals surface area contributed by atoms with E-state index in [1.807, 2.05) is 61.5 Å². The number of carbonyl (C=O) groups is 1. The van der Waals surface area contributed by atoms with Gasteiger partial charge in [-0.15, -0.1) is 0 Å². The summed E-state index contributed by atoms with van der Waals surface area (Å²) in [6.45, 7) is 1.95. The van der Waals surface area contributed by atoms with Gasteiger partial charge in [-0.05, 0) is 24.6 Å². The van der Waals surface area contributed by atoms with E-state index in [-0.39, 0.29) is 5.78 Å². The quantitative estimate of drug-likeness (QED) is 0.526. The molecule has 0 fully saturated rings. The van der Waals surface area contributed by atoms with Crippen LogP contribution < -0.4 is 0 Å². The van der Waals surface area contributed by atoms with Crippen LogP contribution in [0, 0.1) is 6.92 Å². The minimum atomic E-state index is 0.0556. The molecule has 0 saturated heterocycles. The molecule has 96 valence electrons. The number of hydrogen-bond donors (Lipinski definition) is 0. The van der Waals surface area contributed by atoms with Crippen LogP contribution in [0.4, 0.5) is 0 Å². The third-order valence-corrected chi connectivity index (χ3v) is 3.72. The predicted octanol–water partition coefficient (Wildman–Crippen LogP) is 3.39. The molecule has 2 aromatic carbocycles. The Morgan fingerprint density at radius 1 is 0.900 bits per heavy atom.